The first-order valence-corrected chi connectivity index (χ1v) is 9.71. The number of anilines is 1. The Hall–Kier alpha value is -2.40. The highest BCUT2D eigenvalue weighted by molar-refractivity contribution is 6.01. The maximum absolute atomic E-state index is 13.0. The van der Waals surface area contributed by atoms with Crippen molar-refractivity contribution in [2.45, 2.75) is 19.3 Å². The molecule has 4 rings (SSSR count). The van der Waals surface area contributed by atoms with Crippen LogP contribution in [0.25, 0.3) is 0 Å². The summed E-state index contributed by atoms with van der Waals surface area (Å²) in [5.41, 5.74) is 3.01. The van der Waals surface area contributed by atoms with Gasteiger partial charge < -0.3 is 9.64 Å². The van der Waals surface area contributed by atoms with Crippen molar-refractivity contribution >= 4 is 11.5 Å². The van der Waals surface area contributed by atoms with Crippen molar-refractivity contribution in [3.63, 3.8) is 0 Å². The summed E-state index contributed by atoms with van der Waals surface area (Å²) in [6.45, 7) is 5.61. The molecule has 1 aliphatic carbocycles. The van der Waals surface area contributed by atoms with Gasteiger partial charge in [0.2, 0.25) is 0 Å². The number of hydrogen-bond acceptors (Lipinski definition) is 4. The number of piperazine rings is 1. The lowest BCUT2D eigenvalue weighted by Crippen LogP contribution is -2.46. The van der Waals surface area contributed by atoms with Crippen molar-refractivity contribution in [1.29, 1.82) is 0 Å². The molecule has 1 saturated heterocycles. The zero-order chi connectivity index (χ0) is 18.6. The molecule has 2 aromatic carbocycles. The molecule has 0 aromatic heterocycles. The number of benzene rings is 2. The first kappa shape index (κ1) is 18.0. The van der Waals surface area contributed by atoms with Gasteiger partial charge in [-0.15, -0.1) is 0 Å². The fourth-order valence-electron chi connectivity index (χ4n) is 3.95. The van der Waals surface area contributed by atoms with E-state index in [2.05, 4.69) is 9.80 Å². The van der Waals surface area contributed by atoms with Crippen LogP contribution in [0.5, 0.6) is 5.75 Å². The topological polar surface area (TPSA) is 32.8 Å². The van der Waals surface area contributed by atoms with Crippen LogP contribution in [0.4, 0.5) is 10.1 Å². The molecule has 0 amide bonds. The summed E-state index contributed by atoms with van der Waals surface area (Å²) < 4.78 is 19.0. The molecule has 0 unspecified atom stereocenters. The molecule has 0 radical (unpaired) electrons. The Morgan fingerprint density at radius 1 is 0.963 bits per heavy atom. The number of fused-ring (bicyclic) bond motifs is 1. The molecule has 0 saturated carbocycles. The van der Waals surface area contributed by atoms with Gasteiger partial charge in [0.15, 0.2) is 5.78 Å². The molecule has 2 aromatic rings. The third-order valence-corrected chi connectivity index (χ3v) is 5.48. The molecular weight excluding hydrogens is 343 g/mol. The van der Waals surface area contributed by atoms with Gasteiger partial charge in [-0.2, -0.15) is 0 Å². The highest BCUT2D eigenvalue weighted by Crippen LogP contribution is 2.30. The van der Waals surface area contributed by atoms with Crippen molar-refractivity contribution < 1.29 is 13.9 Å². The number of Topliss-reactive ketones (excluding diaryl/α,β-unsaturated/α-hetero) is 1. The fourth-order valence-corrected chi connectivity index (χ4v) is 3.95. The standard InChI is InChI=1S/C22H25FN2O2/c23-17-5-7-18(8-6-17)25-14-12-24(13-15-25)11-2-16-27-22-4-1-3-19-20(22)9-10-21(19)26/h1,3-8H,2,9-16H2. The maximum atomic E-state index is 13.0. The van der Waals surface area contributed by atoms with Crippen LogP contribution in [0.15, 0.2) is 42.5 Å². The van der Waals surface area contributed by atoms with E-state index in [1.165, 1.54) is 12.1 Å². The van der Waals surface area contributed by atoms with Crippen LogP contribution in [0.2, 0.25) is 0 Å². The van der Waals surface area contributed by atoms with Gasteiger partial charge in [-0.25, -0.2) is 4.39 Å². The molecule has 2 aliphatic rings. The lowest BCUT2D eigenvalue weighted by molar-refractivity contribution is 0.0994. The molecule has 0 atom stereocenters. The lowest BCUT2D eigenvalue weighted by Gasteiger charge is -2.36. The van der Waals surface area contributed by atoms with Crippen LogP contribution < -0.4 is 9.64 Å². The largest absolute Gasteiger partial charge is 0.493 e. The Morgan fingerprint density at radius 3 is 2.52 bits per heavy atom. The van der Waals surface area contributed by atoms with Crippen LogP contribution >= 0.6 is 0 Å². The molecule has 5 heteroatoms. The van der Waals surface area contributed by atoms with Gasteiger partial charge in [0.1, 0.15) is 11.6 Å². The Balaban J connectivity index is 1.20. The quantitative estimate of drug-likeness (QED) is 0.730. The van der Waals surface area contributed by atoms with Crippen LogP contribution in [-0.4, -0.2) is 50.0 Å². The van der Waals surface area contributed by atoms with Crippen molar-refractivity contribution in [3.05, 3.63) is 59.4 Å². The van der Waals surface area contributed by atoms with Gasteiger partial charge in [0.05, 0.1) is 6.61 Å². The minimum Gasteiger partial charge on any atom is -0.493 e. The molecule has 1 fully saturated rings. The number of rotatable bonds is 6. The van der Waals surface area contributed by atoms with Gasteiger partial charge in [0.25, 0.3) is 0 Å². The average Bonchev–Trinajstić information content (AvgIpc) is 3.08. The molecule has 0 bridgehead atoms. The third-order valence-electron chi connectivity index (χ3n) is 5.48. The molecule has 27 heavy (non-hydrogen) atoms. The van der Waals surface area contributed by atoms with Crippen LogP contribution in [-0.2, 0) is 6.42 Å². The summed E-state index contributed by atoms with van der Waals surface area (Å²) in [4.78, 5) is 16.6. The second-order valence-corrected chi connectivity index (χ2v) is 7.21. The fraction of sp³-hybridized carbons (Fsp3) is 0.409. The van der Waals surface area contributed by atoms with Crippen molar-refractivity contribution in [3.8, 4) is 5.75 Å². The minimum atomic E-state index is -0.189. The first-order valence-electron chi connectivity index (χ1n) is 9.71. The number of ketones is 1. The highest BCUT2D eigenvalue weighted by Gasteiger charge is 2.22. The summed E-state index contributed by atoms with van der Waals surface area (Å²) in [6, 6.07) is 12.5. The van der Waals surface area contributed by atoms with E-state index in [0.29, 0.717) is 13.0 Å². The Bertz CT molecular complexity index is 798. The van der Waals surface area contributed by atoms with Crippen LogP contribution in [0.1, 0.15) is 28.8 Å². The molecular formula is C22H25FN2O2. The summed E-state index contributed by atoms with van der Waals surface area (Å²) in [7, 11) is 0. The molecule has 142 valence electrons. The Labute approximate surface area is 159 Å². The van der Waals surface area contributed by atoms with E-state index in [9.17, 15) is 9.18 Å². The molecule has 4 nitrogen and oxygen atoms in total. The molecule has 0 spiro atoms. The van der Waals surface area contributed by atoms with E-state index in [-0.39, 0.29) is 11.6 Å². The summed E-state index contributed by atoms with van der Waals surface area (Å²) in [5, 5.41) is 0. The van der Waals surface area contributed by atoms with E-state index < -0.39 is 0 Å². The van der Waals surface area contributed by atoms with Gasteiger partial charge in [-0.1, -0.05) is 12.1 Å². The Morgan fingerprint density at radius 2 is 1.74 bits per heavy atom. The smallest absolute Gasteiger partial charge is 0.163 e. The van der Waals surface area contributed by atoms with E-state index in [0.717, 1.165) is 68.1 Å². The average molecular weight is 368 g/mol. The van der Waals surface area contributed by atoms with Crippen LogP contribution in [0.3, 0.4) is 0 Å². The van der Waals surface area contributed by atoms with Crippen molar-refractivity contribution in [2.24, 2.45) is 0 Å². The predicted octanol–water partition coefficient (Wildman–Crippen LogP) is 3.55. The second-order valence-electron chi connectivity index (χ2n) is 7.21. The Kier molecular flexibility index (Phi) is 5.39. The predicted molar refractivity (Wildman–Crippen MR) is 104 cm³/mol. The minimum absolute atomic E-state index is 0.189. The number of nitrogens with zero attached hydrogens (tertiary/aromatic N) is 2. The van der Waals surface area contributed by atoms with E-state index in [1.54, 1.807) is 0 Å². The van der Waals surface area contributed by atoms with Gasteiger partial charge in [-0.3, -0.25) is 9.69 Å². The normalized spacial score (nSPS) is 17.2. The van der Waals surface area contributed by atoms with Gasteiger partial charge in [-0.05, 0) is 43.2 Å². The zero-order valence-electron chi connectivity index (χ0n) is 15.5. The number of hydrogen-bond donors (Lipinski definition) is 0. The van der Waals surface area contributed by atoms with E-state index in [1.807, 2.05) is 30.3 Å². The van der Waals surface area contributed by atoms with Gasteiger partial charge in [0, 0.05) is 56.0 Å². The molecule has 0 N–H and O–H groups in total. The second kappa shape index (κ2) is 8.09. The number of halogens is 1. The number of carbonyl (C=O) groups excluding carboxylic acids is 1. The van der Waals surface area contributed by atoms with Crippen LogP contribution in [0, 0.1) is 5.82 Å². The number of ether oxygens (including phenoxy) is 1. The van der Waals surface area contributed by atoms with Crippen molar-refractivity contribution in [2.75, 3.05) is 44.2 Å². The monoisotopic (exact) mass is 368 g/mol. The molecule has 1 heterocycles. The SMILES string of the molecule is O=C1CCc2c(OCCCN3CCN(c4ccc(F)cc4)CC3)cccc21. The maximum Gasteiger partial charge on any atom is 0.163 e. The summed E-state index contributed by atoms with van der Waals surface area (Å²) in [6.07, 6.45) is 2.37. The zero-order valence-corrected chi connectivity index (χ0v) is 15.5. The van der Waals surface area contributed by atoms with E-state index >= 15 is 0 Å². The molecule has 1 aliphatic heterocycles. The van der Waals surface area contributed by atoms with Gasteiger partial charge >= 0.3 is 0 Å². The lowest BCUT2D eigenvalue weighted by atomic mass is 10.1. The summed E-state index contributed by atoms with van der Waals surface area (Å²) in [5.74, 6) is 0.916. The highest BCUT2D eigenvalue weighted by atomic mass is 19.1. The summed E-state index contributed by atoms with van der Waals surface area (Å²) >= 11 is 0. The number of carbonyl (C=O) groups is 1. The van der Waals surface area contributed by atoms with E-state index in [4.69, 9.17) is 4.74 Å². The first-order chi connectivity index (χ1) is 13.2. The van der Waals surface area contributed by atoms with Crippen molar-refractivity contribution in [1.82, 2.24) is 4.90 Å². The third kappa shape index (κ3) is 4.14.